The Hall–Kier alpha value is -2.32. The molecule has 0 atom stereocenters. The second kappa shape index (κ2) is 7.51. The Morgan fingerprint density at radius 2 is 1.85 bits per heavy atom. The minimum absolute atomic E-state index is 0.154. The summed E-state index contributed by atoms with van der Waals surface area (Å²) in [6.45, 7) is 8.28. The first-order valence-electron chi connectivity index (χ1n) is 8.34. The molecule has 8 nitrogen and oxygen atoms in total. The molecule has 26 heavy (non-hydrogen) atoms. The number of anilines is 2. The first-order valence-corrected chi connectivity index (χ1v) is 8.72. The first kappa shape index (κ1) is 18.5. The monoisotopic (exact) mass is 376 g/mol. The maximum absolute atomic E-state index is 12.0. The Morgan fingerprint density at radius 3 is 2.46 bits per heavy atom. The number of amides is 1. The lowest BCUT2D eigenvalue weighted by Crippen LogP contribution is -2.36. The molecule has 3 rings (SSSR count). The van der Waals surface area contributed by atoms with E-state index >= 15 is 0 Å². The van der Waals surface area contributed by atoms with Crippen molar-refractivity contribution in [2.45, 2.75) is 20.8 Å². The zero-order chi connectivity index (χ0) is 18.7. The molecule has 0 aliphatic carbocycles. The van der Waals surface area contributed by atoms with E-state index < -0.39 is 5.41 Å². The Balaban J connectivity index is 1.80. The van der Waals surface area contributed by atoms with E-state index in [0.717, 1.165) is 18.9 Å². The van der Waals surface area contributed by atoms with E-state index in [2.05, 4.69) is 30.2 Å². The van der Waals surface area contributed by atoms with E-state index in [1.807, 2.05) is 20.8 Å². The van der Waals surface area contributed by atoms with Crippen LogP contribution in [0.15, 0.2) is 18.5 Å². The van der Waals surface area contributed by atoms with Crippen molar-refractivity contribution in [1.82, 2.24) is 19.9 Å². The first-order chi connectivity index (χ1) is 12.3. The Kier molecular flexibility index (Phi) is 5.33. The van der Waals surface area contributed by atoms with E-state index in [0.29, 0.717) is 29.8 Å². The topological polar surface area (TPSA) is 93.1 Å². The number of carbonyl (C=O) groups excluding carboxylic acids is 1. The lowest BCUT2D eigenvalue weighted by molar-refractivity contribution is -0.123. The van der Waals surface area contributed by atoms with Crippen molar-refractivity contribution in [3.05, 3.63) is 23.6 Å². The van der Waals surface area contributed by atoms with Gasteiger partial charge in [-0.15, -0.1) is 0 Å². The van der Waals surface area contributed by atoms with Crippen molar-refractivity contribution >= 4 is 29.3 Å². The van der Waals surface area contributed by atoms with Crippen molar-refractivity contribution in [2.24, 2.45) is 5.41 Å². The molecular weight excluding hydrogens is 356 g/mol. The molecule has 0 aromatic carbocycles. The van der Waals surface area contributed by atoms with Gasteiger partial charge in [-0.1, -0.05) is 32.4 Å². The van der Waals surface area contributed by atoms with Crippen LogP contribution in [0.25, 0.3) is 11.4 Å². The summed E-state index contributed by atoms with van der Waals surface area (Å²) >= 11 is 6.16. The lowest BCUT2D eigenvalue weighted by atomic mass is 9.96. The van der Waals surface area contributed by atoms with Crippen molar-refractivity contribution in [1.29, 1.82) is 0 Å². The van der Waals surface area contributed by atoms with Crippen LogP contribution in [-0.2, 0) is 9.53 Å². The molecule has 3 heterocycles. The second-order valence-electron chi connectivity index (χ2n) is 6.97. The number of ether oxygens (including phenoxy) is 1. The third kappa shape index (κ3) is 4.44. The average Bonchev–Trinajstić information content (AvgIpc) is 2.62. The molecule has 1 saturated heterocycles. The summed E-state index contributed by atoms with van der Waals surface area (Å²) in [5.41, 5.74) is 0.0984. The third-order valence-corrected chi connectivity index (χ3v) is 4.03. The van der Waals surface area contributed by atoms with Crippen LogP contribution in [0.4, 0.5) is 11.8 Å². The molecule has 0 bridgehead atoms. The average molecular weight is 377 g/mol. The number of carbonyl (C=O) groups is 1. The lowest BCUT2D eigenvalue weighted by Gasteiger charge is -2.28. The zero-order valence-electron chi connectivity index (χ0n) is 15.0. The molecule has 1 N–H and O–H groups in total. The van der Waals surface area contributed by atoms with Gasteiger partial charge in [0.05, 0.1) is 18.8 Å². The van der Waals surface area contributed by atoms with E-state index in [1.54, 1.807) is 18.5 Å². The van der Waals surface area contributed by atoms with E-state index in [4.69, 9.17) is 16.3 Å². The minimum atomic E-state index is -0.523. The molecule has 1 aliphatic rings. The maximum Gasteiger partial charge on any atom is 0.232 e. The minimum Gasteiger partial charge on any atom is -0.378 e. The van der Waals surface area contributed by atoms with Gasteiger partial charge in [0, 0.05) is 37.0 Å². The molecule has 9 heteroatoms. The SMILES string of the molecule is CC(C)(C)C(=O)Nc1ncc(-c2nc(Cl)cc(N3CCOCC3)n2)cn1. The summed E-state index contributed by atoms with van der Waals surface area (Å²) in [5.74, 6) is 1.27. The molecule has 1 aliphatic heterocycles. The molecule has 2 aromatic rings. The van der Waals surface area contributed by atoms with Crippen LogP contribution in [0.1, 0.15) is 20.8 Å². The largest absolute Gasteiger partial charge is 0.378 e. The molecular formula is C17H21ClN6O2. The Morgan fingerprint density at radius 1 is 1.19 bits per heavy atom. The summed E-state index contributed by atoms with van der Waals surface area (Å²) in [7, 11) is 0. The number of morpholine rings is 1. The highest BCUT2D eigenvalue weighted by atomic mass is 35.5. The van der Waals surface area contributed by atoms with Gasteiger partial charge in [0.1, 0.15) is 11.0 Å². The van der Waals surface area contributed by atoms with Crippen LogP contribution in [0, 0.1) is 5.41 Å². The summed E-state index contributed by atoms with van der Waals surface area (Å²) in [6, 6.07) is 1.73. The van der Waals surface area contributed by atoms with Crippen LogP contribution < -0.4 is 10.2 Å². The van der Waals surface area contributed by atoms with Gasteiger partial charge < -0.3 is 9.64 Å². The smallest absolute Gasteiger partial charge is 0.232 e. The van der Waals surface area contributed by atoms with Gasteiger partial charge in [-0.25, -0.2) is 19.9 Å². The van der Waals surface area contributed by atoms with E-state index in [1.165, 1.54) is 0 Å². The molecule has 2 aromatic heterocycles. The van der Waals surface area contributed by atoms with E-state index in [-0.39, 0.29) is 11.9 Å². The van der Waals surface area contributed by atoms with Crippen molar-refractivity contribution in [3.63, 3.8) is 0 Å². The molecule has 0 radical (unpaired) electrons. The Labute approximate surface area is 157 Å². The summed E-state index contributed by atoms with van der Waals surface area (Å²) in [4.78, 5) is 31.3. The van der Waals surface area contributed by atoms with Gasteiger partial charge in [-0.3, -0.25) is 10.1 Å². The van der Waals surface area contributed by atoms with Crippen LogP contribution in [0.3, 0.4) is 0 Å². The molecule has 1 amide bonds. The highest BCUT2D eigenvalue weighted by Gasteiger charge is 2.22. The standard InChI is InChI=1S/C17H21ClN6O2/c1-17(2,3)15(25)23-16-19-9-11(10-20-16)14-21-12(18)8-13(22-14)24-4-6-26-7-5-24/h8-10H,4-7H2,1-3H3,(H,19,20,23,25). The van der Waals surface area contributed by atoms with Gasteiger partial charge >= 0.3 is 0 Å². The van der Waals surface area contributed by atoms with Crippen molar-refractivity contribution in [2.75, 3.05) is 36.5 Å². The number of rotatable bonds is 3. The number of nitrogens with one attached hydrogen (secondary N) is 1. The maximum atomic E-state index is 12.0. The summed E-state index contributed by atoms with van der Waals surface area (Å²) < 4.78 is 5.36. The van der Waals surface area contributed by atoms with Crippen LogP contribution in [-0.4, -0.2) is 52.1 Å². The zero-order valence-corrected chi connectivity index (χ0v) is 15.7. The predicted molar refractivity (Wildman–Crippen MR) is 99.2 cm³/mol. The summed E-state index contributed by atoms with van der Waals surface area (Å²) in [6.07, 6.45) is 3.14. The number of hydrogen-bond acceptors (Lipinski definition) is 7. The fourth-order valence-corrected chi connectivity index (χ4v) is 2.46. The number of nitrogens with zero attached hydrogens (tertiary/aromatic N) is 5. The van der Waals surface area contributed by atoms with Gasteiger partial charge in [0.15, 0.2) is 5.82 Å². The quantitative estimate of drug-likeness (QED) is 0.822. The van der Waals surface area contributed by atoms with Crippen LogP contribution in [0.2, 0.25) is 5.15 Å². The Bertz CT molecular complexity index is 785. The fraction of sp³-hybridized carbons (Fsp3) is 0.471. The molecule has 1 fully saturated rings. The second-order valence-corrected chi connectivity index (χ2v) is 7.36. The van der Waals surface area contributed by atoms with Gasteiger partial charge in [0.25, 0.3) is 0 Å². The molecule has 138 valence electrons. The van der Waals surface area contributed by atoms with Gasteiger partial charge in [0.2, 0.25) is 11.9 Å². The van der Waals surface area contributed by atoms with Crippen LogP contribution in [0.5, 0.6) is 0 Å². The highest BCUT2D eigenvalue weighted by Crippen LogP contribution is 2.23. The molecule has 0 unspecified atom stereocenters. The highest BCUT2D eigenvalue weighted by molar-refractivity contribution is 6.29. The fourth-order valence-electron chi connectivity index (χ4n) is 2.29. The third-order valence-electron chi connectivity index (χ3n) is 3.83. The van der Waals surface area contributed by atoms with E-state index in [9.17, 15) is 4.79 Å². The number of aromatic nitrogens is 4. The summed E-state index contributed by atoms with van der Waals surface area (Å²) in [5, 5.41) is 3.03. The van der Waals surface area contributed by atoms with Gasteiger partial charge in [-0.05, 0) is 0 Å². The predicted octanol–water partition coefficient (Wildman–Crippen LogP) is 2.41. The van der Waals surface area contributed by atoms with Crippen LogP contribution >= 0.6 is 11.6 Å². The molecule has 0 spiro atoms. The van der Waals surface area contributed by atoms with Crippen molar-refractivity contribution in [3.8, 4) is 11.4 Å². The number of halogens is 1. The molecule has 0 saturated carbocycles. The van der Waals surface area contributed by atoms with Crippen molar-refractivity contribution < 1.29 is 9.53 Å². The van der Waals surface area contributed by atoms with Gasteiger partial charge in [-0.2, -0.15) is 0 Å². The number of hydrogen-bond donors (Lipinski definition) is 1. The normalized spacial score (nSPS) is 15.0.